The number of aromatic nitrogens is 2. The molecule has 1 heterocycles. The Bertz CT molecular complexity index is 657. The summed E-state index contributed by atoms with van der Waals surface area (Å²) in [5.41, 5.74) is 2.66. The molecule has 4 nitrogen and oxygen atoms in total. The van der Waals surface area contributed by atoms with E-state index in [1.807, 2.05) is 35.0 Å². The van der Waals surface area contributed by atoms with Crippen molar-refractivity contribution in [3.8, 4) is 5.69 Å². The van der Waals surface area contributed by atoms with Crippen molar-refractivity contribution in [3.63, 3.8) is 0 Å². The minimum Gasteiger partial charge on any atom is -0.352 e. The monoisotopic (exact) mass is 325 g/mol. The molecule has 0 spiro atoms. The van der Waals surface area contributed by atoms with Crippen LogP contribution in [0.4, 0.5) is 0 Å². The number of para-hydroxylation sites is 1. The van der Waals surface area contributed by atoms with Crippen LogP contribution in [0.2, 0.25) is 0 Å². The molecule has 1 N–H and O–H groups in total. The van der Waals surface area contributed by atoms with Gasteiger partial charge in [0.15, 0.2) is 0 Å². The van der Waals surface area contributed by atoms with Crippen molar-refractivity contribution < 1.29 is 4.79 Å². The van der Waals surface area contributed by atoms with E-state index in [9.17, 15) is 4.79 Å². The van der Waals surface area contributed by atoms with Crippen molar-refractivity contribution in [1.29, 1.82) is 0 Å². The molecule has 1 aliphatic carbocycles. The highest BCUT2D eigenvalue weighted by Crippen LogP contribution is 2.28. The summed E-state index contributed by atoms with van der Waals surface area (Å²) in [6.45, 7) is 2.82. The summed E-state index contributed by atoms with van der Waals surface area (Å²) in [6.07, 6.45) is 10.3. The van der Waals surface area contributed by atoms with Crippen molar-refractivity contribution in [3.05, 3.63) is 47.8 Å². The van der Waals surface area contributed by atoms with Crippen LogP contribution in [-0.4, -0.2) is 22.2 Å². The highest BCUT2D eigenvalue weighted by atomic mass is 16.1. The molecule has 0 atom stereocenters. The fraction of sp³-hybridized carbons (Fsp3) is 0.500. The van der Waals surface area contributed by atoms with Gasteiger partial charge in [-0.15, -0.1) is 0 Å². The number of carbonyl (C=O) groups is 1. The van der Waals surface area contributed by atoms with Crippen LogP contribution in [0.15, 0.2) is 36.5 Å². The van der Waals surface area contributed by atoms with Gasteiger partial charge in [-0.2, -0.15) is 5.10 Å². The largest absolute Gasteiger partial charge is 0.352 e. The number of hydrogen-bond donors (Lipinski definition) is 1. The fourth-order valence-corrected chi connectivity index (χ4v) is 3.68. The van der Waals surface area contributed by atoms with Crippen LogP contribution in [-0.2, 0) is 6.42 Å². The molecular weight excluding hydrogens is 298 g/mol. The topological polar surface area (TPSA) is 46.9 Å². The van der Waals surface area contributed by atoms with E-state index in [2.05, 4.69) is 17.3 Å². The predicted molar refractivity (Wildman–Crippen MR) is 96.5 cm³/mol. The van der Waals surface area contributed by atoms with Crippen molar-refractivity contribution in [2.45, 2.75) is 51.9 Å². The molecule has 0 bridgehead atoms. The maximum Gasteiger partial charge on any atom is 0.254 e. The van der Waals surface area contributed by atoms with Gasteiger partial charge < -0.3 is 5.32 Å². The minimum atomic E-state index is 0.000420. The molecule has 4 heteroatoms. The molecule has 0 aliphatic heterocycles. The third-order valence-electron chi connectivity index (χ3n) is 5.00. The number of rotatable bonds is 7. The second-order valence-electron chi connectivity index (χ2n) is 6.65. The Labute approximate surface area is 144 Å². The summed E-state index contributed by atoms with van der Waals surface area (Å²) in [6, 6.07) is 9.97. The molecule has 0 saturated heterocycles. The number of benzene rings is 1. The first kappa shape index (κ1) is 16.7. The number of hydrogen-bond acceptors (Lipinski definition) is 2. The van der Waals surface area contributed by atoms with Crippen LogP contribution < -0.4 is 5.32 Å². The smallest absolute Gasteiger partial charge is 0.254 e. The van der Waals surface area contributed by atoms with Crippen molar-refractivity contribution in [2.75, 3.05) is 6.54 Å². The first-order valence-electron chi connectivity index (χ1n) is 9.20. The van der Waals surface area contributed by atoms with Gasteiger partial charge in [-0.05, 0) is 37.3 Å². The van der Waals surface area contributed by atoms with E-state index in [1.165, 1.54) is 32.1 Å². The Morgan fingerprint density at radius 2 is 2.00 bits per heavy atom. The maximum atomic E-state index is 12.5. The summed E-state index contributed by atoms with van der Waals surface area (Å²) in [5.74, 6) is 0.884. The predicted octanol–water partition coefficient (Wildman–Crippen LogP) is 4.13. The second kappa shape index (κ2) is 8.13. The average Bonchev–Trinajstić information content (AvgIpc) is 3.28. The molecule has 1 fully saturated rings. The number of carbonyl (C=O) groups excluding carboxylic acids is 1. The van der Waals surface area contributed by atoms with Crippen molar-refractivity contribution in [1.82, 2.24) is 15.1 Å². The highest BCUT2D eigenvalue weighted by molar-refractivity contribution is 5.95. The van der Waals surface area contributed by atoms with Gasteiger partial charge in [0.2, 0.25) is 0 Å². The van der Waals surface area contributed by atoms with Gasteiger partial charge in [0.1, 0.15) is 0 Å². The molecule has 1 aromatic carbocycles. The fourth-order valence-electron chi connectivity index (χ4n) is 3.68. The molecule has 1 saturated carbocycles. The van der Waals surface area contributed by atoms with E-state index in [-0.39, 0.29) is 5.91 Å². The third kappa shape index (κ3) is 3.86. The number of amides is 1. The molecule has 0 radical (unpaired) electrons. The lowest BCUT2D eigenvalue weighted by Crippen LogP contribution is -2.25. The Morgan fingerprint density at radius 1 is 1.25 bits per heavy atom. The quantitative estimate of drug-likeness (QED) is 0.778. The Kier molecular flexibility index (Phi) is 5.68. The Balaban J connectivity index is 1.59. The van der Waals surface area contributed by atoms with Crippen LogP contribution in [0.25, 0.3) is 5.69 Å². The lowest BCUT2D eigenvalue weighted by molar-refractivity contribution is 0.0951. The summed E-state index contributed by atoms with van der Waals surface area (Å²) in [7, 11) is 0. The first-order valence-corrected chi connectivity index (χ1v) is 9.20. The normalized spacial score (nSPS) is 14.9. The molecule has 0 unspecified atom stereocenters. The van der Waals surface area contributed by atoms with Crippen molar-refractivity contribution in [2.24, 2.45) is 5.92 Å². The molecule has 128 valence electrons. The van der Waals surface area contributed by atoms with Gasteiger partial charge in [-0.3, -0.25) is 4.79 Å². The molecule has 1 amide bonds. The molecular formula is C20H27N3O. The second-order valence-corrected chi connectivity index (χ2v) is 6.65. The van der Waals surface area contributed by atoms with Gasteiger partial charge in [0.25, 0.3) is 5.91 Å². The lowest BCUT2D eigenvalue weighted by Gasteiger charge is -2.10. The first-order chi connectivity index (χ1) is 11.8. The average molecular weight is 325 g/mol. The zero-order chi connectivity index (χ0) is 16.8. The van der Waals surface area contributed by atoms with E-state index in [0.29, 0.717) is 5.56 Å². The van der Waals surface area contributed by atoms with Crippen LogP contribution in [0.3, 0.4) is 0 Å². The number of nitrogens with one attached hydrogen (secondary N) is 1. The Hall–Kier alpha value is -2.10. The van der Waals surface area contributed by atoms with Crippen molar-refractivity contribution >= 4 is 5.91 Å². The molecule has 1 aromatic heterocycles. The van der Waals surface area contributed by atoms with Gasteiger partial charge in [-0.25, -0.2) is 4.68 Å². The van der Waals surface area contributed by atoms with E-state index in [0.717, 1.165) is 36.7 Å². The molecule has 3 rings (SSSR count). The molecule has 24 heavy (non-hydrogen) atoms. The highest BCUT2D eigenvalue weighted by Gasteiger charge is 2.17. The molecule has 2 aromatic rings. The van der Waals surface area contributed by atoms with Crippen LogP contribution >= 0.6 is 0 Å². The van der Waals surface area contributed by atoms with E-state index >= 15 is 0 Å². The maximum absolute atomic E-state index is 12.5. The van der Waals surface area contributed by atoms with Gasteiger partial charge in [-0.1, -0.05) is 50.8 Å². The van der Waals surface area contributed by atoms with Crippen LogP contribution in [0, 0.1) is 5.92 Å². The van der Waals surface area contributed by atoms with E-state index < -0.39 is 0 Å². The van der Waals surface area contributed by atoms with Crippen LogP contribution in [0.1, 0.15) is 61.5 Å². The van der Waals surface area contributed by atoms with E-state index in [4.69, 9.17) is 0 Å². The zero-order valence-corrected chi connectivity index (χ0v) is 14.5. The summed E-state index contributed by atoms with van der Waals surface area (Å²) < 4.78 is 1.87. The molecule has 1 aliphatic rings. The van der Waals surface area contributed by atoms with Gasteiger partial charge in [0, 0.05) is 6.54 Å². The summed E-state index contributed by atoms with van der Waals surface area (Å²) in [5, 5.41) is 7.50. The van der Waals surface area contributed by atoms with Crippen LogP contribution in [0.5, 0.6) is 0 Å². The standard InChI is InChI=1S/C20H27N3O/c1-2-19-18(15-22-23(19)17-12-4-3-5-13-17)20(24)21-14-8-11-16-9-6-7-10-16/h3-5,12-13,15-16H,2,6-11,14H2,1H3,(H,21,24). The SMILES string of the molecule is CCc1c(C(=O)NCCCC2CCCC2)cnn1-c1ccccc1. The van der Waals surface area contributed by atoms with E-state index in [1.54, 1.807) is 6.20 Å². The third-order valence-corrected chi connectivity index (χ3v) is 5.00. The van der Waals surface area contributed by atoms with Gasteiger partial charge in [0.05, 0.1) is 23.1 Å². The lowest BCUT2D eigenvalue weighted by atomic mass is 10.0. The summed E-state index contributed by atoms with van der Waals surface area (Å²) >= 11 is 0. The zero-order valence-electron chi connectivity index (χ0n) is 14.5. The Morgan fingerprint density at radius 3 is 2.71 bits per heavy atom. The van der Waals surface area contributed by atoms with Gasteiger partial charge >= 0.3 is 0 Å². The summed E-state index contributed by atoms with van der Waals surface area (Å²) in [4.78, 5) is 12.5. The minimum absolute atomic E-state index is 0.000420. The number of nitrogens with zero attached hydrogens (tertiary/aromatic N) is 2.